The van der Waals surface area contributed by atoms with E-state index in [-0.39, 0.29) is 5.91 Å². The first kappa shape index (κ1) is 13.6. The van der Waals surface area contributed by atoms with E-state index in [0.29, 0.717) is 24.3 Å². The van der Waals surface area contributed by atoms with Gasteiger partial charge in [-0.15, -0.1) is 0 Å². The third kappa shape index (κ3) is 3.58. The van der Waals surface area contributed by atoms with Crippen molar-refractivity contribution in [3.8, 4) is 0 Å². The number of carbonyl (C=O) groups is 1. The molecule has 1 aliphatic carbocycles. The van der Waals surface area contributed by atoms with Gasteiger partial charge in [0.1, 0.15) is 0 Å². The van der Waals surface area contributed by atoms with Crippen molar-refractivity contribution in [2.24, 2.45) is 5.92 Å². The van der Waals surface area contributed by atoms with E-state index in [9.17, 15) is 4.79 Å². The first-order valence-electron chi connectivity index (χ1n) is 7.63. The van der Waals surface area contributed by atoms with Gasteiger partial charge in [0.05, 0.1) is 0 Å². The van der Waals surface area contributed by atoms with E-state index in [2.05, 4.69) is 40.4 Å². The van der Waals surface area contributed by atoms with Crippen molar-refractivity contribution in [2.75, 3.05) is 13.1 Å². The molecule has 4 heteroatoms. The minimum absolute atomic E-state index is 0.215. The number of rotatable bonds is 6. The average Bonchev–Trinajstić information content (AvgIpc) is 3.02. The molecule has 0 aromatic heterocycles. The Morgan fingerprint density at radius 3 is 2.70 bits per heavy atom. The van der Waals surface area contributed by atoms with Gasteiger partial charge in [0.15, 0.2) is 0 Å². The molecule has 1 aromatic rings. The number of hydrogen-bond donors (Lipinski definition) is 3. The summed E-state index contributed by atoms with van der Waals surface area (Å²) in [5.41, 5.74) is 7.60. The van der Waals surface area contributed by atoms with Crippen LogP contribution in [0.5, 0.6) is 0 Å². The second-order valence-corrected chi connectivity index (χ2v) is 5.95. The molecule has 3 rings (SSSR count). The maximum atomic E-state index is 11.9. The fraction of sp³-hybridized carbons (Fsp3) is 0.562. The predicted octanol–water partition coefficient (Wildman–Crippen LogP) is 1.55. The van der Waals surface area contributed by atoms with Crippen LogP contribution >= 0.6 is 0 Å². The molecule has 2 atom stereocenters. The predicted molar refractivity (Wildman–Crippen MR) is 79.1 cm³/mol. The van der Waals surface area contributed by atoms with Gasteiger partial charge >= 0.3 is 0 Å². The van der Waals surface area contributed by atoms with Gasteiger partial charge in [0.2, 0.25) is 5.91 Å². The van der Waals surface area contributed by atoms with Gasteiger partial charge in [-0.3, -0.25) is 15.6 Å². The lowest BCUT2D eigenvalue weighted by Gasteiger charge is -2.07. The van der Waals surface area contributed by atoms with E-state index >= 15 is 0 Å². The summed E-state index contributed by atoms with van der Waals surface area (Å²) in [5, 5.41) is 3.16. The third-order valence-electron chi connectivity index (χ3n) is 4.29. The molecule has 20 heavy (non-hydrogen) atoms. The molecule has 2 fully saturated rings. The molecule has 3 N–H and O–H groups in total. The molecular weight excluding hydrogens is 250 g/mol. The minimum atomic E-state index is 0.215. The minimum Gasteiger partial charge on any atom is -0.353 e. The number of carbonyl (C=O) groups excluding carboxylic acids is 1. The Hall–Kier alpha value is -1.39. The molecule has 0 spiro atoms. The quantitative estimate of drug-likeness (QED) is 0.737. The normalized spacial score (nSPS) is 25.6. The lowest BCUT2D eigenvalue weighted by Crippen LogP contribution is -2.26. The van der Waals surface area contributed by atoms with Crippen LogP contribution in [0.25, 0.3) is 0 Å². The highest BCUT2D eigenvalue weighted by molar-refractivity contribution is 5.76. The van der Waals surface area contributed by atoms with Crippen molar-refractivity contribution in [2.45, 2.75) is 37.6 Å². The fourth-order valence-electron chi connectivity index (χ4n) is 2.96. The molecule has 1 saturated heterocycles. The van der Waals surface area contributed by atoms with Crippen LogP contribution in [0.15, 0.2) is 30.3 Å². The zero-order valence-corrected chi connectivity index (χ0v) is 11.8. The molecule has 2 aliphatic rings. The van der Waals surface area contributed by atoms with Crippen LogP contribution in [0, 0.1) is 5.92 Å². The highest BCUT2D eigenvalue weighted by Gasteiger charge is 2.39. The number of amides is 1. The summed E-state index contributed by atoms with van der Waals surface area (Å²) in [6, 6.07) is 10.8. The molecule has 1 saturated carbocycles. The Balaban J connectivity index is 1.34. The van der Waals surface area contributed by atoms with Crippen LogP contribution in [0.4, 0.5) is 0 Å². The van der Waals surface area contributed by atoms with Crippen LogP contribution in [0.1, 0.15) is 37.2 Å². The Kier molecular flexibility index (Phi) is 4.33. The maximum Gasteiger partial charge on any atom is 0.220 e. The summed E-state index contributed by atoms with van der Waals surface area (Å²) in [4.78, 5) is 11.9. The molecule has 0 radical (unpaired) electrons. The summed E-state index contributed by atoms with van der Waals surface area (Å²) >= 11 is 0. The lowest BCUT2D eigenvalue weighted by atomic mass is 10.0. The molecule has 1 aromatic carbocycles. The zero-order valence-electron chi connectivity index (χ0n) is 11.8. The van der Waals surface area contributed by atoms with E-state index in [1.807, 2.05) is 6.07 Å². The summed E-state index contributed by atoms with van der Waals surface area (Å²) in [6.45, 7) is 2.06. The third-order valence-corrected chi connectivity index (χ3v) is 4.29. The molecule has 1 aliphatic heterocycles. The zero-order chi connectivity index (χ0) is 13.8. The summed E-state index contributed by atoms with van der Waals surface area (Å²) in [5.74, 6) is 1.43. The van der Waals surface area contributed by atoms with Gasteiger partial charge in [-0.25, -0.2) is 0 Å². The highest BCUT2D eigenvalue weighted by Crippen LogP contribution is 2.40. The molecule has 1 heterocycles. The monoisotopic (exact) mass is 273 g/mol. The number of benzene rings is 1. The van der Waals surface area contributed by atoms with Crippen molar-refractivity contribution < 1.29 is 4.79 Å². The maximum absolute atomic E-state index is 11.9. The summed E-state index contributed by atoms with van der Waals surface area (Å²) in [6.07, 6.45) is 3.86. The van der Waals surface area contributed by atoms with Gasteiger partial charge in [-0.1, -0.05) is 30.3 Å². The van der Waals surface area contributed by atoms with Crippen molar-refractivity contribution in [3.63, 3.8) is 0 Å². The van der Waals surface area contributed by atoms with Crippen molar-refractivity contribution in [1.29, 1.82) is 0 Å². The van der Waals surface area contributed by atoms with Gasteiger partial charge in [-0.2, -0.15) is 0 Å². The Morgan fingerprint density at radius 2 is 1.95 bits per heavy atom. The smallest absolute Gasteiger partial charge is 0.220 e. The van der Waals surface area contributed by atoms with E-state index in [0.717, 1.165) is 32.4 Å². The Labute approximate surface area is 120 Å². The van der Waals surface area contributed by atoms with Crippen molar-refractivity contribution in [1.82, 2.24) is 16.2 Å². The van der Waals surface area contributed by atoms with E-state index in [1.54, 1.807) is 0 Å². The Bertz CT molecular complexity index is 442. The molecular formula is C16H23N3O. The standard InChI is InChI=1S/C16H23N3O/c20-16(8-4-5-12-10-17-18-11-12)19-15-9-14(15)13-6-2-1-3-7-13/h1-3,6-7,12,14-15,17-18H,4-5,8-11H2,(H,19,20)/t14-,15+/m0/s1. The van der Waals surface area contributed by atoms with Crippen molar-refractivity contribution in [3.05, 3.63) is 35.9 Å². The van der Waals surface area contributed by atoms with Crippen LogP contribution in [0.2, 0.25) is 0 Å². The topological polar surface area (TPSA) is 53.2 Å². The number of hydrazine groups is 1. The van der Waals surface area contributed by atoms with Crippen molar-refractivity contribution >= 4 is 5.91 Å². The summed E-state index contributed by atoms with van der Waals surface area (Å²) in [7, 11) is 0. The second-order valence-electron chi connectivity index (χ2n) is 5.95. The van der Waals surface area contributed by atoms with Crippen LogP contribution in [-0.2, 0) is 4.79 Å². The van der Waals surface area contributed by atoms with Crippen LogP contribution in [0.3, 0.4) is 0 Å². The SMILES string of the molecule is O=C(CCCC1CNNC1)N[C@@H]1C[C@H]1c1ccccc1. The summed E-state index contributed by atoms with van der Waals surface area (Å²) < 4.78 is 0. The molecule has 1 amide bonds. The van der Waals surface area contributed by atoms with Crippen LogP contribution < -0.4 is 16.2 Å². The number of nitrogens with one attached hydrogen (secondary N) is 3. The van der Waals surface area contributed by atoms with E-state index in [1.165, 1.54) is 5.56 Å². The fourth-order valence-corrected chi connectivity index (χ4v) is 2.96. The lowest BCUT2D eigenvalue weighted by molar-refractivity contribution is -0.121. The Morgan fingerprint density at radius 1 is 1.20 bits per heavy atom. The number of hydrogen-bond acceptors (Lipinski definition) is 3. The first-order valence-corrected chi connectivity index (χ1v) is 7.63. The average molecular weight is 273 g/mol. The van der Waals surface area contributed by atoms with E-state index < -0.39 is 0 Å². The van der Waals surface area contributed by atoms with Gasteiger partial charge in [-0.05, 0) is 30.7 Å². The largest absolute Gasteiger partial charge is 0.353 e. The van der Waals surface area contributed by atoms with Gasteiger partial charge in [0, 0.05) is 31.5 Å². The van der Waals surface area contributed by atoms with Crippen LogP contribution in [-0.4, -0.2) is 25.0 Å². The molecule has 4 nitrogen and oxygen atoms in total. The van der Waals surface area contributed by atoms with Gasteiger partial charge < -0.3 is 5.32 Å². The highest BCUT2D eigenvalue weighted by atomic mass is 16.1. The first-order chi connectivity index (χ1) is 9.83. The van der Waals surface area contributed by atoms with E-state index in [4.69, 9.17) is 0 Å². The molecule has 108 valence electrons. The second kappa shape index (κ2) is 6.37. The van der Waals surface area contributed by atoms with Gasteiger partial charge in [0.25, 0.3) is 0 Å². The molecule has 0 bridgehead atoms. The molecule has 0 unspecified atom stereocenters.